The number of nitrogens with zero attached hydrogens (tertiary/aromatic N) is 3. The van der Waals surface area contributed by atoms with Crippen LogP contribution in [0, 0.1) is 0 Å². The Morgan fingerprint density at radius 1 is 1.14 bits per heavy atom. The van der Waals surface area contributed by atoms with E-state index in [9.17, 15) is 8.42 Å². The fourth-order valence-electron chi connectivity index (χ4n) is 3.74. The normalized spacial score (nSPS) is 17.7. The summed E-state index contributed by atoms with van der Waals surface area (Å²) in [7, 11) is -3.08. The lowest BCUT2D eigenvalue weighted by Crippen LogP contribution is -2.50. The molecular weight excluding hydrogens is 374 g/mol. The summed E-state index contributed by atoms with van der Waals surface area (Å²) in [6.45, 7) is 16.8. The van der Waals surface area contributed by atoms with Gasteiger partial charge in [0, 0.05) is 50.8 Å². The van der Waals surface area contributed by atoms with Crippen LogP contribution in [0.5, 0.6) is 0 Å². The van der Waals surface area contributed by atoms with Crippen molar-refractivity contribution in [3.8, 4) is 0 Å². The van der Waals surface area contributed by atoms with E-state index < -0.39 is 10.0 Å². The minimum atomic E-state index is -3.08. The van der Waals surface area contributed by atoms with Gasteiger partial charge in [0.1, 0.15) is 0 Å². The van der Waals surface area contributed by atoms with Gasteiger partial charge in [-0.05, 0) is 60.3 Å². The molecule has 1 rings (SSSR count). The summed E-state index contributed by atoms with van der Waals surface area (Å²) in [5.41, 5.74) is 0. The van der Waals surface area contributed by atoms with Gasteiger partial charge in [-0.1, -0.05) is 6.92 Å². The van der Waals surface area contributed by atoms with Crippen molar-refractivity contribution in [2.75, 3.05) is 38.5 Å². The summed E-state index contributed by atoms with van der Waals surface area (Å²) in [5, 5.41) is 6.82. The Bertz CT molecular complexity index is 547. The molecule has 0 bridgehead atoms. The molecule has 0 saturated carbocycles. The summed E-state index contributed by atoms with van der Waals surface area (Å²) in [4.78, 5) is 7.22. The van der Waals surface area contributed by atoms with E-state index >= 15 is 0 Å². The molecule has 0 atom stereocenters. The number of piperidine rings is 1. The molecule has 7 nitrogen and oxygen atoms in total. The minimum Gasteiger partial charge on any atom is -0.357 e. The SMILES string of the molecule is CCCS(=O)(=O)N1CCC(NC(=NCCCN(C(C)C)C(C)C)NCC)CC1. The van der Waals surface area contributed by atoms with Crippen molar-refractivity contribution < 1.29 is 8.42 Å². The van der Waals surface area contributed by atoms with E-state index in [4.69, 9.17) is 4.99 Å². The lowest BCUT2D eigenvalue weighted by atomic mass is 10.1. The molecule has 1 heterocycles. The third-order valence-corrected chi connectivity index (χ3v) is 7.24. The van der Waals surface area contributed by atoms with Gasteiger partial charge in [0.25, 0.3) is 0 Å². The second-order valence-corrected chi connectivity index (χ2v) is 10.3. The second-order valence-electron chi connectivity index (χ2n) is 8.17. The van der Waals surface area contributed by atoms with Crippen molar-refractivity contribution in [1.82, 2.24) is 19.8 Å². The van der Waals surface area contributed by atoms with E-state index in [2.05, 4.69) is 50.2 Å². The highest BCUT2D eigenvalue weighted by atomic mass is 32.2. The van der Waals surface area contributed by atoms with E-state index in [1.807, 2.05) is 6.92 Å². The Kier molecular flexibility index (Phi) is 11.4. The van der Waals surface area contributed by atoms with Crippen molar-refractivity contribution in [3.63, 3.8) is 0 Å². The summed E-state index contributed by atoms with van der Waals surface area (Å²) >= 11 is 0. The van der Waals surface area contributed by atoms with Gasteiger partial charge < -0.3 is 10.6 Å². The predicted octanol–water partition coefficient (Wildman–Crippen LogP) is 2.25. The zero-order chi connectivity index (χ0) is 21.2. The van der Waals surface area contributed by atoms with E-state index in [1.54, 1.807) is 4.31 Å². The van der Waals surface area contributed by atoms with Crippen LogP contribution >= 0.6 is 0 Å². The molecular formula is C20H43N5O2S. The molecule has 1 fully saturated rings. The predicted molar refractivity (Wildman–Crippen MR) is 119 cm³/mol. The van der Waals surface area contributed by atoms with Gasteiger partial charge in [-0.15, -0.1) is 0 Å². The molecule has 1 aliphatic rings. The number of sulfonamides is 1. The Hall–Kier alpha value is -0.860. The molecule has 1 saturated heterocycles. The third-order valence-electron chi connectivity index (χ3n) is 5.17. The minimum absolute atomic E-state index is 0.249. The number of rotatable bonds is 11. The van der Waals surface area contributed by atoms with E-state index in [1.165, 1.54) is 0 Å². The molecule has 1 aliphatic heterocycles. The summed E-state index contributed by atoms with van der Waals surface area (Å²) in [6.07, 6.45) is 3.34. The van der Waals surface area contributed by atoms with Crippen LogP contribution in [-0.2, 0) is 10.0 Å². The van der Waals surface area contributed by atoms with Crippen molar-refractivity contribution in [1.29, 1.82) is 0 Å². The van der Waals surface area contributed by atoms with Gasteiger partial charge in [0.05, 0.1) is 5.75 Å². The van der Waals surface area contributed by atoms with Gasteiger partial charge >= 0.3 is 0 Å². The molecule has 8 heteroatoms. The van der Waals surface area contributed by atoms with Crippen molar-refractivity contribution in [2.24, 2.45) is 4.99 Å². The Labute approximate surface area is 173 Å². The number of aliphatic imine (C=N–C) groups is 1. The number of guanidine groups is 1. The maximum Gasteiger partial charge on any atom is 0.214 e. The monoisotopic (exact) mass is 417 g/mol. The molecule has 0 aromatic rings. The van der Waals surface area contributed by atoms with Crippen LogP contribution < -0.4 is 10.6 Å². The average Bonchev–Trinajstić information content (AvgIpc) is 2.61. The first-order chi connectivity index (χ1) is 13.2. The molecule has 0 amide bonds. The number of hydrogen-bond donors (Lipinski definition) is 2. The molecule has 0 aromatic heterocycles. The average molecular weight is 418 g/mol. The van der Waals surface area contributed by atoms with E-state index in [0.29, 0.717) is 31.6 Å². The Balaban J connectivity index is 2.49. The standard InChI is InChI=1S/C20H43N5O2S/c1-7-16-28(26,27)24-14-10-19(11-15-24)23-20(21-8-2)22-12-9-13-25(17(3)4)18(5)6/h17-19H,7-16H2,1-6H3,(H2,21,22,23). The van der Waals surface area contributed by atoms with Gasteiger partial charge in [0.2, 0.25) is 10.0 Å². The second kappa shape index (κ2) is 12.6. The van der Waals surface area contributed by atoms with Gasteiger partial charge in [0.15, 0.2) is 5.96 Å². The maximum absolute atomic E-state index is 12.2. The molecule has 28 heavy (non-hydrogen) atoms. The summed E-state index contributed by atoms with van der Waals surface area (Å²) < 4.78 is 26.1. The van der Waals surface area contributed by atoms with Crippen LogP contribution in [0.2, 0.25) is 0 Å². The van der Waals surface area contributed by atoms with E-state index in [-0.39, 0.29) is 11.8 Å². The third kappa shape index (κ3) is 8.66. The highest BCUT2D eigenvalue weighted by molar-refractivity contribution is 7.89. The van der Waals surface area contributed by atoms with Crippen molar-refractivity contribution in [3.05, 3.63) is 0 Å². The first-order valence-electron chi connectivity index (χ1n) is 11.0. The van der Waals surface area contributed by atoms with Crippen LogP contribution in [0.25, 0.3) is 0 Å². The fourth-order valence-corrected chi connectivity index (χ4v) is 5.28. The zero-order valence-electron chi connectivity index (χ0n) is 18.9. The van der Waals surface area contributed by atoms with Crippen LogP contribution in [-0.4, -0.2) is 80.2 Å². The largest absolute Gasteiger partial charge is 0.357 e. The van der Waals surface area contributed by atoms with Gasteiger partial charge in [-0.3, -0.25) is 9.89 Å². The molecule has 2 N–H and O–H groups in total. The lowest BCUT2D eigenvalue weighted by Gasteiger charge is -2.32. The topological polar surface area (TPSA) is 77.0 Å². The lowest BCUT2D eigenvalue weighted by molar-refractivity contribution is 0.174. The van der Waals surface area contributed by atoms with Gasteiger partial charge in [-0.2, -0.15) is 0 Å². The first kappa shape index (κ1) is 25.2. The van der Waals surface area contributed by atoms with Crippen molar-refractivity contribution >= 4 is 16.0 Å². The fraction of sp³-hybridized carbons (Fsp3) is 0.950. The Morgan fingerprint density at radius 2 is 1.75 bits per heavy atom. The number of nitrogens with one attached hydrogen (secondary N) is 2. The zero-order valence-corrected chi connectivity index (χ0v) is 19.7. The van der Waals surface area contributed by atoms with Crippen LogP contribution in [0.3, 0.4) is 0 Å². The highest BCUT2D eigenvalue weighted by Gasteiger charge is 2.27. The first-order valence-corrected chi connectivity index (χ1v) is 12.6. The Morgan fingerprint density at radius 3 is 2.25 bits per heavy atom. The summed E-state index contributed by atoms with van der Waals surface area (Å²) in [5.74, 6) is 1.09. The molecule has 0 aliphatic carbocycles. The van der Waals surface area contributed by atoms with Crippen LogP contribution in [0.4, 0.5) is 0 Å². The van der Waals surface area contributed by atoms with Crippen LogP contribution in [0.15, 0.2) is 4.99 Å². The maximum atomic E-state index is 12.2. The molecule has 0 aromatic carbocycles. The summed E-state index contributed by atoms with van der Waals surface area (Å²) in [6, 6.07) is 1.36. The molecule has 0 unspecified atom stereocenters. The van der Waals surface area contributed by atoms with Crippen molar-refractivity contribution in [2.45, 2.75) is 85.4 Å². The van der Waals surface area contributed by atoms with Gasteiger partial charge in [-0.25, -0.2) is 12.7 Å². The molecule has 0 radical (unpaired) electrons. The smallest absolute Gasteiger partial charge is 0.214 e. The highest BCUT2D eigenvalue weighted by Crippen LogP contribution is 2.15. The molecule has 0 spiro atoms. The van der Waals surface area contributed by atoms with E-state index in [0.717, 1.165) is 44.9 Å². The quantitative estimate of drug-likeness (QED) is 0.306. The van der Waals surface area contributed by atoms with Crippen LogP contribution in [0.1, 0.15) is 67.2 Å². The number of hydrogen-bond acceptors (Lipinski definition) is 4. The molecule has 166 valence electrons.